The van der Waals surface area contributed by atoms with Crippen LogP contribution in [0, 0.1) is 0 Å². The lowest BCUT2D eigenvalue weighted by atomic mass is 9.79. The number of hydrogen-bond acceptors (Lipinski definition) is 2. The molecule has 0 unspecified atom stereocenters. The predicted octanol–water partition coefficient (Wildman–Crippen LogP) is 3.71. The fraction of sp³-hybridized carbons (Fsp3) is 0.538. The van der Waals surface area contributed by atoms with Crippen LogP contribution in [0.1, 0.15) is 32.3 Å². The third-order valence-electron chi connectivity index (χ3n) is 3.66. The van der Waals surface area contributed by atoms with E-state index in [9.17, 15) is 8.78 Å². The van der Waals surface area contributed by atoms with E-state index in [2.05, 4.69) is 4.74 Å². The standard InChI is InChI=1S/C13H16ClF2NO/c1-12(2,17)13(5-6-13)9-7-8(14)3-4-10(9)18-11(15)16/h3-4,7,11H,5-6,17H2,1-2H3. The zero-order valence-corrected chi connectivity index (χ0v) is 11.1. The van der Waals surface area contributed by atoms with Gasteiger partial charge in [0.1, 0.15) is 5.75 Å². The van der Waals surface area contributed by atoms with Gasteiger partial charge in [-0.25, -0.2) is 0 Å². The van der Waals surface area contributed by atoms with Gasteiger partial charge in [0.05, 0.1) is 0 Å². The molecule has 0 amide bonds. The number of rotatable bonds is 4. The average Bonchev–Trinajstić information content (AvgIpc) is 2.99. The van der Waals surface area contributed by atoms with Gasteiger partial charge in [-0.2, -0.15) is 8.78 Å². The number of hydrogen-bond donors (Lipinski definition) is 1. The Morgan fingerprint density at radius 2 is 2.00 bits per heavy atom. The Bertz CT molecular complexity index is 453. The van der Waals surface area contributed by atoms with Crippen LogP contribution < -0.4 is 10.5 Å². The predicted molar refractivity (Wildman–Crippen MR) is 67.3 cm³/mol. The number of nitrogens with two attached hydrogens (primary N) is 1. The fourth-order valence-electron chi connectivity index (χ4n) is 2.46. The largest absolute Gasteiger partial charge is 0.435 e. The highest BCUT2D eigenvalue weighted by Crippen LogP contribution is 2.57. The highest BCUT2D eigenvalue weighted by Gasteiger charge is 2.55. The molecule has 0 aromatic heterocycles. The first-order valence-electron chi connectivity index (χ1n) is 5.80. The van der Waals surface area contributed by atoms with Gasteiger partial charge >= 0.3 is 6.61 Å². The normalized spacial score (nSPS) is 17.9. The molecule has 18 heavy (non-hydrogen) atoms. The molecule has 1 aliphatic carbocycles. The summed E-state index contributed by atoms with van der Waals surface area (Å²) in [5, 5.41) is 0.502. The van der Waals surface area contributed by atoms with Crippen LogP contribution in [0.3, 0.4) is 0 Å². The van der Waals surface area contributed by atoms with Crippen molar-refractivity contribution in [3.63, 3.8) is 0 Å². The Morgan fingerprint density at radius 3 is 2.44 bits per heavy atom. The Kier molecular flexibility index (Phi) is 3.28. The molecule has 5 heteroatoms. The summed E-state index contributed by atoms with van der Waals surface area (Å²) in [6.45, 7) is 0.946. The maximum Gasteiger partial charge on any atom is 0.387 e. The molecule has 0 heterocycles. The van der Waals surface area contributed by atoms with E-state index in [0.29, 0.717) is 10.6 Å². The second kappa shape index (κ2) is 4.35. The summed E-state index contributed by atoms with van der Waals surface area (Å²) in [6.07, 6.45) is 1.72. The van der Waals surface area contributed by atoms with Crippen molar-refractivity contribution in [1.82, 2.24) is 0 Å². The van der Waals surface area contributed by atoms with Crippen LogP contribution in [0.25, 0.3) is 0 Å². The van der Waals surface area contributed by atoms with E-state index >= 15 is 0 Å². The average molecular weight is 276 g/mol. The van der Waals surface area contributed by atoms with Crippen LogP contribution in [0.4, 0.5) is 8.78 Å². The van der Waals surface area contributed by atoms with E-state index in [1.807, 2.05) is 13.8 Å². The van der Waals surface area contributed by atoms with Gasteiger partial charge in [-0.05, 0) is 44.9 Å². The smallest absolute Gasteiger partial charge is 0.387 e. The van der Waals surface area contributed by atoms with E-state index < -0.39 is 12.2 Å². The van der Waals surface area contributed by atoms with Gasteiger partial charge in [-0.15, -0.1) is 0 Å². The van der Waals surface area contributed by atoms with Gasteiger partial charge in [0, 0.05) is 21.5 Å². The summed E-state index contributed by atoms with van der Waals surface area (Å²) >= 11 is 5.95. The van der Waals surface area contributed by atoms with Gasteiger partial charge in [0.15, 0.2) is 0 Å². The van der Waals surface area contributed by atoms with Crippen molar-refractivity contribution in [2.75, 3.05) is 0 Å². The third-order valence-corrected chi connectivity index (χ3v) is 3.89. The minimum absolute atomic E-state index is 0.172. The van der Waals surface area contributed by atoms with E-state index in [1.165, 1.54) is 6.07 Å². The van der Waals surface area contributed by atoms with Crippen molar-refractivity contribution < 1.29 is 13.5 Å². The van der Waals surface area contributed by atoms with Crippen molar-refractivity contribution in [2.45, 2.75) is 44.3 Å². The van der Waals surface area contributed by atoms with Crippen molar-refractivity contribution in [1.29, 1.82) is 0 Å². The van der Waals surface area contributed by atoms with Crippen molar-refractivity contribution in [2.24, 2.45) is 5.73 Å². The number of ether oxygens (including phenoxy) is 1. The molecule has 1 fully saturated rings. The highest BCUT2D eigenvalue weighted by molar-refractivity contribution is 6.30. The van der Waals surface area contributed by atoms with Crippen LogP contribution >= 0.6 is 11.6 Å². The van der Waals surface area contributed by atoms with Crippen LogP contribution in [-0.4, -0.2) is 12.2 Å². The minimum atomic E-state index is -2.85. The SMILES string of the molecule is CC(C)(N)C1(c2cc(Cl)ccc2OC(F)F)CC1. The minimum Gasteiger partial charge on any atom is -0.435 e. The molecule has 0 radical (unpaired) electrons. The Balaban J connectivity index is 2.46. The quantitative estimate of drug-likeness (QED) is 0.909. The van der Waals surface area contributed by atoms with Gasteiger partial charge < -0.3 is 10.5 Å². The van der Waals surface area contributed by atoms with E-state index in [1.54, 1.807) is 12.1 Å². The molecule has 1 aromatic carbocycles. The second-order valence-electron chi connectivity index (χ2n) is 5.32. The lowest BCUT2D eigenvalue weighted by Crippen LogP contribution is -2.45. The fourth-order valence-corrected chi connectivity index (χ4v) is 2.63. The summed E-state index contributed by atoms with van der Waals surface area (Å²) < 4.78 is 29.4. The molecule has 0 spiro atoms. The Hall–Kier alpha value is -0.870. The molecule has 1 aliphatic rings. The van der Waals surface area contributed by atoms with Crippen molar-refractivity contribution in [3.05, 3.63) is 28.8 Å². The number of alkyl halides is 2. The van der Waals surface area contributed by atoms with Gasteiger partial charge in [0.25, 0.3) is 0 Å². The van der Waals surface area contributed by atoms with E-state index in [0.717, 1.165) is 12.8 Å². The molecular formula is C13H16ClF2NO. The van der Waals surface area contributed by atoms with Crippen molar-refractivity contribution >= 4 is 11.6 Å². The van der Waals surface area contributed by atoms with Gasteiger partial charge in [-0.3, -0.25) is 0 Å². The first kappa shape index (κ1) is 13.6. The van der Waals surface area contributed by atoms with E-state index in [4.69, 9.17) is 17.3 Å². The summed E-state index contributed by atoms with van der Waals surface area (Å²) in [5.74, 6) is 0.172. The number of benzene rings is 1. The lowest BCUT2D eigenvalue weighted by Gasteiger charge is -2.32. The first-order valence-corrected chi connectivity index (χ1v) is 6.18. The summed E-state index contributed by atoms with van der Waals surface area (Å²) in [4.78, 5) is 0. The summed E-state index contributed by atoms with van der Waals surface area (Å²) in [7, 11) is 0. The molecule has 0 bridgehead atoms. The van der Waals surface area contributed by atoms with Gasteiger partial charge in [-0.1, -0.05) is 11.6 Å². The Morgan fingerprint density at radius 1 is 1.39 bits per heavy atom. The number of halogens is 3. The zero-order chi connectivity index (χ0) is 13.6. The third kappa shape index (κ3) is 2.31. The molecule has 0 saturated heterocycles. The zero-order valence-electron chi connectivity index (χ0n) is 10.3. The first-order chi connectivity index (χ1) is 8.26. The molecule has 1 saturated carbocycles. The molecule has 2 rings (SSSR count). The van der Waals surface area contributed by atoms with Crippen LogP contribution in [-0.2, 0) is 5.41 Å². The molecular weight excluding hydrogens is 260 g/mol. The molecule has 2 N–H and O–H groups in total. The van der Waals surface area contributed by atoms with Crippen LogP contribution in [0.2, 0.25) is 5.02 Å². The molecule has 100 valence electrons. The maximum atomic E-state index is 12.4. The monoisotopic (exact) mass is 275 g/mol. The highest BCUT2D eigenvalue weighted by atomic mass is 35.5. The van der Waals surface area contributed by atoms with E-state index in [-0.39, 0.29) is 11.2 Å². The lowest BCUT2D eigenvalue weighted by molar-refractivity contribution is -0.0509. The Labute approximate surface area is 110 Å². The topological polar surface area (TPSA) is 35.2 Å². The van der Waals surface area contributed by atoms with Gasteiger partial charge in [0.2, 0.25) is 0 Å². The summed E-state index contributed by atoms with van der Waals surface area (Å²) in [5.41, 5.74) is 6.04. The second-order valence-corrected chi connectivity index (χ2v) is 5.76. The maximum absolute atomic E-state index is 12.4. The van der Waals surface area contributed by atoms with Crippen LogP contribution in [0.15, 0.2) is 18.2 Å². The molecule has 1 aromatic rings. The molecule has 2 nitrogen and oxygen atoms in total. The van der Waals surface area contributed by atoms with Crippen LogP contribution in [0.5, 0.6) is 5.75 Å². The summed E-state index contributed by atoms with van der Waals surface area (Å²) in [6, 6.07) is 4.71. The molecule has 0 aliphatic heterocycles. The molecule has 0 atom stereocenters. The van der Waals surface area contributed by atoms with Crippen molar-refractivity contribution in [3.8, 4) is 5.75 Å².